The summed E-state index contributed by atoms with van der Waals surface area (Å²) < 4.78 is 13.2. The predicted molar refractivity (Wildman–Crippen MR) is 138 cm³/mol. The third-order valence-electron chi connectivity index (χ3n) is 7.27. The molecule has 1 aliphatic heterocycles. The summed E-state index contributed by atoms with van der Waals surface area (Å²) >= 11 is 0. The maximum absolute atomic E-state index is 13.7. The Labute approximate surface area is 209 Å². The molecular weight excluding hydrogens is 441 g/mol. The molecule has 1 fully saturated rings. The van der Waals surface area contributed by atoms with Gasteiger partial charge in [0.05, 0.1) is 18.4 Å². The summed E-state index contributed by atoms with van der Waals surface area (Å²) in [4.78, 5) is 32.8. The highest BCUT2D eigenvalue weighted by atomic mass is 19.1. The van der Waals surface area contributed by atoms with E-state index in [0.29, 0.717) is 18.5 Å². The highest BCUT2D eigenvalue weighted by molar-refractivity contribution is 5.91. The average molecular weight is 482 g/mol. The van der Waals surface area contributed by atoms with E-state index in [1.54, 1.807) is 6.07 Å². The second kappa shape index (κ2) is 10.6. The van der Waals surface area contributed by atoms with Gasteiger partial charge in [-0.2, -0.15) is 0 Å². The van der Waals surface area contributed by atoms with Crippen molar-refractivity contribution < 1.29 is 14.0 Å². The van der Waals surface area contributed by atoms with Gasteiger partial charge < -0.3 is 5.32 Å². The van der Waals surface area contributed by atoms with Gasteiger partial charge >= 0.3 is 0 Å². The fourth-order valence-electron chi connectivity index (χ4n) is 5.10. The number of nitrogens with zero attached hydrogens (tertiary/aromatic N) is 2. The number of ketones is 1. The summed E-state index contributed by atoms with van der Waals surface area (Å²) in [5.41, 5.74) is 1.67. The number of halogens is 1. The summed E-state index contributed by atoms with van der Waals surface area (Å²) in [6, 6.07) is 11.0. The zero-order valence-electron chi connectivity index (χ0n) is 22.1. The zero-order chi connectivity index (χ0) is 25.9. The second-order valence-electron chi connectivity index (χ2n) is 11.6. The van der Waals surface area contributed by atoms with E-state index in [1.807, 2.05) is 24.3 Å². The molecular formula is C29H40FN3O2. The van der Waals surface area contributed by atoms with Crippen LogP contribution in [0, 0.1) is 11.2 Å². The van der Waals surface area contributed by atoms with Crippen LogP contribution in [0.2, 0.25) is 0 Å². The minimum absolute atomic E-state index is 0.0641. The third kappa shape index (κ3) is 6.54. The largest absolute Gasteiger partial charge is 0.347 e. The maximum atomic E-state index is 13.7. The standard InChI is InChI=1S/C29H40FN3O2/c1-7-28(5,6)18-24(34)20-32-26(35)29(15-8-16-33(29)27(2,3)4)17-21-9-11-22(12-10-21)25-14-13-23(30)19-31-25/h9-14,19H,7-8,15-18,20H2,1-6H3,(H,32,35). The lowest BCUT2D eigenvalue weighted by molar-refractivity contribution is -0.136. The van der Waals surface area contributed by atoms with Gasteiger partial charge in [0.25, 0.3) is 0 Å². The van der Waals surface area contributed by atoms with E-state index in [1.165, 1.54) is 12.3 Å². The van der Waals surface area contributed by atoms with Crippen molar-refractivity contribution in [2.24, 2.45) is 5.41 Å². The third-order valence-corrected chi connectivity index (χ3v) is 7.27. The number of carbonyl (C=O) groups is 2. The van der Waals surface area contributed by atoms with Crippen molar-refractivity contribution in [1.82, 2.24) is 15.2 Å². The number of nitrogens with one attached hydrogen (secondary N) is 1. The normalized spacial score (nSPS) is 19.1. The molecule has 0 aliphatic carbocycles. The number of rotatable bonds is 9. The molecule has 1 atom stereocenters. The number of pyridine rings is 1. The van der Waals surface area contributed by atoms with Crippen LogP contribution in [-0.4, -0.2) is 45.7 Å². The van der Waals surface area contributed by atoms with E-state index in [-0.39, 0.29) is 35.0 Å². The van der Waals surface area contributed by atoms with E-state index < -0.39 is 5.54 Å². The number of benzene rings is 1. The van der Waals surface area contributed by atoms with Gasteiger partial charge in [0.1, 0.15) is 11.4 Å². The molecule has 6 heteroatoms. The quantitative estimate of drug-likeness (QED) is 0.508. The van der Waals surface area contributed by atoms with Gasteiger partial charge in [0.2, 0.25) is 5.91 Å². The maximum Gasteiger partial charge on any atom is 0.241 e. The van der Waals surface area contributed by atoms with Crippen molar-refractivity contribution in [2.45, 2.75) is 84.7 Å². The fraction of sp³-hybridized carbons (Fsp3) is 0.552. The number of hydrogen-bond acceptors (Lipinski definition) is 4. The monoisotopic (exact) mass is 481 g/mol. The number of carbonyl (C=O) groups excluding carboxylic acids is 2. The summed E-state index contributed by atoms with van der Waals surface area (Å²) in [5.74, 6) is -0.368. The Morgan fingerprint density at radius 2 is 1.77 bits per heavy atom. The predicted octanol–water partition coefficient (Wildman–Crippen LogP) is 5.57. The van der Waals surface area contributed by atoms with Gasteiger partial charge in [0, 0.05) is 17.5 Å². The van der Waals surface area contributed by atoms with Crippen LogP contribution in [0.5, 0.6) is 0 Å². The van der Waals surface area contributed by atoms with Gasteiger partial charge in [-0.05, 0) is 69.7 Å². The Hall–Kier alpha value is -2.60. The van der Waals surface area contributed by atoms with Crippen molar-refractivity contribution in [1.29, 1.82) is 0 Å². The number of hydrogen-bond donors (Lipinski definition) is 1. The molecule has 1 N–H and O–H groups in total. The van der Waals surface area contributed by atoms with Crippen molar-refractivity contribution in [3.8, 4) is 11.3 Å². The van der Waals surface area contributed by atoms with E-state index in [0.717, 1.165) is 36.9 Å². The van der Waals surface area contributed by atoms with Gasteiger partial charge in [-0.3, -0.25) is 19.5 Å². The van der Waals surface area contributed by atoms with Crippen molar-refractivity contribution in [3.05, 3.63) is 54.0 Å². The van der Waals surface area contributed by atoms with Crippen LogP contribution in [0.1, 0.15) is 72.8 Å². The number of Topliss-reactive ketones (excluding diaryl/α,β-unsaturated/α-hetero) is 1. The highest BCUT2D eigenvalue weighted by Crippen LogP contribution is 2.38. The van der Waals surface area contributed by atoms with E-state index in [9.17, 15) is 14.0 Å². The minimum atomic E-state index is -0.714. The van der Waals surface area contributed by atoms with Crippen LogP contribution in [0.3, 0.4) is 0 Å². The van der Waals surface area contributed by atoms with Gasteiger partial charge in [-0.1, -0.05) is 51.5 Å². The van der Waals surface area contributed by atoms with Gasteiger partial charge in [-0.25, -0.2) is 4.39 Å². The lowest BCUT2D eigenvalue weighted by Crippen LogP contribution is -2.62. The van der Waals surface area contributed by atoms with Gasteiger partial charge in [0.15, 0.2) is 5.78 Å². The summed E-state index contributed by atoms with van der Waals surface area (Å²) in [6.07, 6.45) is 4.81. The Bertz CT molecular complexity index is 1030. The minimum Gasteiger partial charge on any atom is -0.347 e. The first-order valence-corrected chi connectivity index (χ1v) is 12.6. The first-order chi connectivity index (χ1) is 16.4. The molecule has 5 nitrogen and oxygen atoms in total. The van der Waals surface area contributed by atoms with Crippen molar-refractivity contribution in [2.75, 3.05) is 13.1 Å². The van der Waals surface area contributed by atoms with Crippen LogP contribution in [-0.2, 0) is 16.0 Å². The number of aromatic nitrogens is 1. The Balaban J connectivity index is 1.81. The van der Waals surface area contributed by atoms with Crippen LogP contribution in [0.25, 0.3) is 11.3 Å². The smallest absolute Gasteiger partial charge is 0.241 e. The van der Waals surface area contributed by atoms with Crippen molar-refractivity contribution >= 4 is 11.7 Å². The van der Waals surface area contributed by atoms with Gasteiger partial charge in [-0.15, -0.1) is 0 Å². The molecule has 1 aromatic heterocycles. The zero-order valence-corrected chi connectivity index (χ0v) is 22.1. The van der Waals surface area contributed by atoms with Crippen molar-refractivity contribution in [3.63, 3.8) is 0 Å². The fourth-order valence-corrected chi connectivity index (χ4v) is 5.10. The SMILES string of the molecule is CCC(C)(C)CC(=O)CNC(=O)C1(Cc2ccc(-c3ccc(F)cn3)cc2)CCCN1C(C)(C)C. The average Bonchev–Trinajstić information content (AvgIpc) is 3.24. The van der Waals surface area contributed by atoms with E-state index in [4.69, 9.17) is 0 Å². The topological polar surface area (TPSA) is 62.3 Å². The summed E-state index contributed by atoms with van der Waals surface area (Å²) in [5, 5.41) is 3.00. The summed E-state index contributed by atoms with van der Waals surface area (Å²) in [6.45, 7) is 13.6. The first-order valence-electron chi connectivity index (χ1n) is 12.6. The molecule has 3 rings (SSSR count). The molecule has 1 unspecified atom stereocenters. The second-order valence-corrected chi connectivity index (χ2v) is 11.6. The Morgan fingerprint density at radius 3 is 2.34 bits per heavy atom. The van der Waals surface area contributed by atoms with Crippen LogP contribution in [0.15, 0.2) is 42.6 Å². The van der Waals surface area contributed by atoms with Crippen LogP contribution in [0.4, 0.5) is 4.39 Å². The highest BCUT2D eigenvalue weighted by Gasteiger charge is 2.51. The van der Waals surface area contributed by atoms with E-state index >= 15 is 0 Å². The molecule has 0 radical (unpaired) electrons. The molecule has 2 heterocycles. The number of likely N-dealkylation sites (tertiary alicyclic amines) is 1. The lowest BCUT2D eigenvalue weighted by Gasteiger charge is -2.45. The lowest BCUT2D eigenvalue weighted by atomic mass is 9.83. The molecule has 1 amide bonds. The Kier molecular flexibility index (Phi) is 8.15. The molecule has 0 spiro atoms. The molecule has 1 saturated heterocycles. The van der Waals surface area contributed by atoms with Crippen LogP contribution < -0.4 is 5.32 Å². The number of amides is 1. The first kappa shape index (κ1) is 27.0. The Morgan fingerprint density at radius 1 is 1.09 bits per heavy atom. The van der Waals surface area contributed by atoms with Crippen LogP contribution >= 0.6 is 0 Å². The van der Waals surface area contributed by atoms with E-state index in [2.05, 4.69) is 56.7 Å². The molecule has 2 aromatic rings. The molecule has 0 bridgehead atoms. The molecule has 1 aromatic carbocycles. The summed E-state index contributed by atoms with van der Waals surface area (Å²) in [7, 11) is 0. The molecule has 1 aliphatic rings. The molecule has 35 heavy (non-hydrogen) atoms. The molecule has 190 valence electrons. The molecule has 0 saturated carbocycles.